The molecule has 2 amide bonds. The zero-order valence-corrected chi connectivity index (χ0v) is 9.51. The maximum absolute atomic E-state index is 11.9. The average molecular weight is 237 g/mol. The lowest BCUT2D eigenvalue weighted by Gasteiger charge is -2.17. The Morgan fingerprint density at radius 2 is 2.18 bits per heavy atom. The minimum atomic E-state index is -0.621. The molecule has 0 fully saturated rings. The van der Waals surface area contributed by atoms with Crippen LogP contribution in [0.4, 0.5) is 0 Å². The van der Waals surface area contributed by atoms with Crippen LogP contribution in [0, 0.1) is 0 Å². The summed E-state index contributed by atoms with van der Waals surface area (Å²) in [6.45, 7) is -0.212. The number of amides is 2. The van der Waals surface area contributed by atoms with Crippen LogP contribution >= 0.6 is 0 Å². The van der Waals surface area contributed by atoms with Crippen molar-refractivity contribution >= 4 is 11.8 Å². The Balaban J connectivity index is 2.93. The molecule has 17 heavy (non-hydrogen) atoms. The molecular formula is C11H15N3O3. The Hall–Kier alpha value is -2.24. The average Bonchev–Trinajstić information content (AvgIpc) is 2.40. The fourth-order valence-corrected chi connectivity index (χ4v) is 1.41. The molecule has 6 nitrogen and oxygen atoms in total. The predicted octanol–water partition coefficient (Wildman–Crippen LogP) is -0.455. The van der Waals surface area contributed by atoms with Crippen molar-refractivity contribution in [2.24, 2.45) is 11.5 Å². The van der Waals surface area contributed by atoms with Gasteiger partial charge in [0.25, 0.3) is 5.91 Å². The van der Waals surface area contributed by atoms with Gasteiger partial charge in [0.1, 0.15) is 0 Å². The van der Waals surface area contributed by atoms with E-state index in [9.17, 15) is 14.7 Å². The van der Waals surface area contributed by atoms with Gasteiger partial charge in [-0.3, -0.25) is 9.59 Å². The molecule has 1 aliphatic carbocycles. The van der Waals surface area contributed by atoms with Crippen molar-refractivity contribution in [3.8, 4) is 0 Å². The summed E-state index contributed by atoms with van der Waals surface area (Å²) in [4.78, 5) is 23.8. The number of rotatable bonds is 3. The van der Waals surface area contributed by atoms with Gasteiger partial charge < -0.3 is 21.5 Å². The summed E-state index contributed by atoms with van der Waals surface area (Å²) in [7, 11) is 1.43. The fraction of sp³-hybridized carbons (Fsp3) is 0.273. The summed E-state index contributed by atoms with van der Waals surface area (Å²) < 4.78 is 0. The molecule has 0 radical (unpaired) electrons. The Morgan fingerprint density at radius 1 is 1.53 bits per heavy atom. The van der Waals surface area contributed by atoms with E-state index in [2.05, 4.69) is 0 Å². The van der Waals surface area contributed by atoms with Crippen molar-refractivity contribution in [2.45, 2.75) is 6.42 Å². The SMILES string of the molecule is CN(CC(N)=O)C(=O)C1=CCC=CC(N)=C1O. The standard InChI is InChI=1S/C11H15N3O3/c1-14(6-9(13)15)11(17)7-4-2-3-5-8(12)10(7)16/h3-5,16H,2,6,12H2,1H3,(H2,13,15). The second-order valence-electron chi connectivity index (χ2n) is 3.69. The molecule has 0 saturated heterocycles. The van der Waals surface area contributed by atoms with Gasteiger partial charge in [-0.05, 0) is 12.5 Å². The van der Waals surface area contributed by atoms with Crippen molar-refractivity contribution in [3.63, 3.8) is 0 Å². The first-order chi connectivity index (χ1) is 7.93. The van der Waals surface area contributed by atoms with Crippen molar-refractivity contribution in [3.05, 3.63) is 35.3 Å². The molecule has 0 unspecified atom stereocenters. The first-order valence-corrected chi connectivity index (χ1v) is 5.03. The highest BCUT2D eigenvalue weighted by Gasteiger charge is 2.21. The van der Waals surface area contributed by atoms with Crippen LogP contribution in [0.1, 0.15) is 6.42 Å². The minimum Gasteiger partial charge on any atom is -0.505 e. The molecule has 0 aliphatic heterocycles. The third kappa shape index (κ3) is 3.10. The maximum atomic E-state index is 11.9. The van der Waals surface area contributed by atoms with E-state index in [-0.39, 0.29) is 23.6 Å². The molecule has 0 aromatic rings. The largest absolute Gasteiger partial charge is 0.505 e. The van der Waals surface area contributed by atoms with E-state index in [0.29, 0.717) is 6.42 Å². The minimum absolute atomic E-state index is 0.0799. The topological polar surface area (TPSA) is 110 Å². The van der Waals surface area contributed by atoms with Crippen LogP contribution in [0.5, 0.6) is 0 Å². The first-order valence-electron chi connectivity index (χ1n) is 5.03. The number of carbonyl (C=O) groups excluding carboxylic acids is 2. The fourth-order valence-electron chi connectivity index (χ4n) is 1.41. The van der Waals surface area contributed by atoms with E-state index in [1.165, 1.54) is 13.1 Å². The van der Waals surface area contributed by atoms with Gasteiger partial charge in [-0.15, -0.1) is 0 Å². The van der Waals surface area contributed by atoms with Crippen molar-refractivity contribution in [1.82, 2.24) is 4.90 Å². The molecule has 5 N–H and O–H groups in total. The normalized spacial score (nSPS) is 15.2. The van der Waals surface area contributed by atoms with E-state index in [0.717, 1.165) is 4.90 Å². The molecule has 92 valence electrons. The quantitative estimate of drug-likeness (QED) is 0.617. The van der Waals surface area contributed by atoms with E-state index >= 15 is 0 Å². The zero-order chi connectivity index (χ0) is 13.0. The lowest BCUT2D eigenvalue weighted by molar-refractivity contribution is -0.130. The lowest BCUT2D eigenvalue weighted by atomic mass is 10.1. The molecule has 1 rings (SSSR count). The Bertz CT molecular complexity index is 435. The molecule has 0 bridgehead atoms. The van der Waals surface area contributed by atoms with E-state index < -0.39 is 11.8 Å². The Morgan fingerprint density at radius 3 is 2.76 bits per heavy atom. The Labute approximate surface area is 98.9 Å². The molecular weight excluding hydrogens is 222 g/mol. The van der Waals surface area contributed by atoms with Crippen molar-refractivity contribution < 1.29 is 14.7 Å². The molecule has 0 atom stereocenters. The van der Waals surface area contributed by atoms with Gasteiger partial charge in [0, 0.05) is 7.05 Å². The number of aliphatic hydroxyl groups is 1. The van der Waals surface area contributed by atoms with Gasteiger partial charge in [0.05, 0.1) is 17.8 Å². The van der Waals surface area contributed by atoms with Crippen LogP contribution in [0.15, 0.2) is 35.3 Å². The highest BCUT2D eigenvalue weighted by atomic mass is 16.3. The molecule has 1 aliphatic rings. The van der Waals surface area contributed by atoms with Crippen LogP contribution < -0.4 is 11.5 Å². The maximum Gasteiger partial charge on any atom is 0.257 e. The van der Waals surface area contributed by atoms with E-state index in [4.69, 9.17) is 11.5 Å². The van der Waals surface area contributed by atoms with Crippen LogP contribution in [0.3, 0.4) is 0 Å². The first kappa shape index (κ1) is 12.8. The third-order valence-corrected chi connectivity index (χ3v) is 2.25. The smallest absolute Gasteiger partial charge is 0.257 e. The highest BCUT2D eigenvalue weighted by Crippen LogP contribution is 2.17. The van der Waals surface area contributed by atoms with E-state index in [1.807, 2.05) is 0 Å². The number of aliphatic hydroxyl groups excluding tert-OH is 1. The van der Waals surface area contributed by atoms with Gasteiger partial charge in [0.15, 0.2) is 5.76 Å². The molecule has 0 saturated carbocycles. The van der Waals surface area contributed by atoms with Crippen molar-refractivity contribution in [2.75, 3.05) is 13.6 Å². The lowest BCUT2D eigenvalue weighted by Crippen LogP contribution is -2.36. The summed E-state index contributed by atoms with van der Waals surface area (Å²) in [6, 6.07) is 0. The molecule has 0 spiro atoms. The highest BCUT2D eigenvalue weighted by molar-refractivity contribution is 5.99. The molecule has 0 heterocycles. The van der Waals surface area contributed by atoms with Gasteiger partial charge in [-0.25, -0.2) is 0 Å². The summed E-state index contributed by atoms with van der Waals surface area (Å²) in [5.41, 5.74) is 10.7. The van der Waals surface area contributed by atoms with Gasteiger partial charge in [0.2, 0.25) is 5.91 Å². The molecule has 0 aromatic carbocycles. The number of allylic oxidation sites excluding steroid dienone is 3. The number of likely N-dealkylation sites (N-methyl/N-ethyl adjacent to an activating group) is 1. The number of nitrogens with two attached hydrogens (primary N) is 2. The number of nitrogens with zero attached hydrogens (tertiary/aromatic N) is 1. The summed E-state index contributed by atoms with van der Waals surface area (Å²) in [6.07, 6.45) is 5.28. The van der Waals surface area contributed by atoms with Crippen molar-refractivity contribution in [1.29, 1.82) is 0 Å². The van der Waals surface area contributed by atoms with Gasteiger partial charge in [-0.1, -0.05) is 12.2 Å². The monoisotopic (exact) mass is 237 g/mol. The van der Waals surface area contributed by atoms with Crippen LogP contribution in [0.25, 0.3) is 0 Å². The predicted molar refractivity (Wildman–Crippen MR) is 62.5 cm³/mol. The summed E-state index contributed by atoms with van der Waals surface area (Å²) >= 11 is 0. The van der Waals surface area contributed by atoms with Gasteiger partial charge >= 0.3 is 0 Å². The zero-order valence-electron chi connectivity index (χ0n) is 9.51. The second kappa shape index (κ2) is 5.20. The summed E-state index contributed by atoms with van der Waals surface area (Å²) in [5, 5.41) is 9.74. The second-order valence-corrected chi connectivity index (χ2v) is 3.69. The number of carbonyl (C=O) groups is 2. The van der Waals surface area contributed by atoms with Crippen LogP contribution in [-0.2, 0) is 9.59 Å². The van der Waals surface area contributed by atoms with E-state index in [1.54, 1.807) is 12.2 Å². The van der Waals surface area contributed by atoms with Gasteiger partial charge in [-0.2, -0.15) is 0 Å². The number of hydrogen-bond donors (Lipinski definition) is 3. The summed E-state index contributed by atoms with van der Waals surface area (Å²) in [5.74, 6) is -1.39. The van der Waals surface area contributed by atoms with Crippen LogP contribution in [0.2, 0.25) is 0 Å². The third-order valence-electron chi connectivity index (χ3n) is 2.25. The van der Waals surface area contributed by atoms with Crippen LogP contribution in [-0.4, -0.2) is 35.4 Å². The number of hydrogen-bond acceptors (Lipinski definition) is 4. The molecule has 0 aromatic heterocycles. The Kier molecular flexibility index (Phi) is 3.92. The number of primary amides is 1. The molecule has 6 heteroatoms.